The summed E-state index contributed by atoms with van der Waals surface area (Å²) in [6.07, 6.45) is 0.883. The Hall–Kier alpha value is -3.02. The zero-order valence-corrected chi connectivity index (χ0v) is 14.9. The van der Waals surface area contributed by atoms with Gasteiger partial charge in [0, 0.05) is 18.3 Å². The zero-order chi connectivity index (χ0) is 18.1. The van der Waals surface area contributed by atoms with Crippen LogP contribution >= 0.6 is 0 Å². The minimum absolute atomic E-state index is 0.379. The monoisotopic (exact) mass is 338 g/mol. The molecule has 1 amide bonds. The Bertz CT molecular complexity index is 939. The zero-order valence-electron chi connectivity index (χ0n) is 14.9. The summed E-state index contributed by atoms with van der Waals surface area (Å²) in [5.74, 6) is 0.379. The number of hydrogen-bond acceptors (Lipinski definition) is 4. The van der Waals surface area contributed by atoms with Gasteiger partial charge in [-0.1, -0.05) is 18.2 Å². The Labute approximate surface area is 146 Å². The van der Waals surface area contributed by atoms with Gasteiger partial charge >= 0.3 is 6.09 Å². The molecule has 0 fully saturated rings. The van der Waals surface area contributed by atoms with Gasteiger partial charge in [0.05, 0.1) is 17.6 Å². The second kappa shape index (κ2) is 6.47. The molecule has 0 saturated carbocycles. The Morgan fingerprint density at radius 2 is 1.92 bits per heavy atom. The van der Waals surface area contributed by atoms with Gasteiger partial charge in [-0.25, -0.2) is 9.78 Å². The van der Waals surface area contributed by atoms with Gasteiger partial charge in [0.15, 0.2) is 11.4 Å². The molecule has 25 heavy (non-hydrogen) atoms. The van der Waals surface area contributed by atoms with Crippen molar-refractivity contribution in [3.63, 3.8) is 0 Å². The van der Waals surface area contributed by atoms with Gasteiger partial charge in [0.2, 0.25) is 0 Å². The van der Waals surface area contributed by atoms with Crippen molar-refractivity contribution in [2.75, 3.05) is 5.32 Å². The topological polar surface area (TPSA) is 81.6 Å². The highest BCUT2D eigenvalue weighted by Gasteiger charge is 2.13. The second-order valence-electron chi connectivity index (χ2n) is 6.21. The summed E-state index contributed by atoms with van der Waals surface area (Å²) < 4.78 is 6.98. The third kappa shape index (κ3) is 3.28. The summed E-state index contributed by atoms with van der Waals surface area (Å²) in [5.41, 5.74) is 12.3. The van der Waals surface area contributed by atoms with Crippen molar-refractivity contribution in [3.05, 3.63) is 58.5 Å². The molecule has 0 aliphatic rings. The average molecular weight is 338 g/mol. The van der Waals surface area contributed by atoms with Gasteiger partial charge in [-0.3, -0.25) is 4.40 Å². The van der Waals surface area contributed by atoms with Crippen molar-refractivity contribution in [2.45, 2.75) is 34.2 Å². The first-order valence-corrected chi connectivity index (χ1v) is 8.12. The lowest BCUT2D eigenvalue weighted by molar-refractivity contribution is 0.210. The molecular weight excluding hydrogens is 316 g/mol. The summed E-state index contributed by atoms with van der Waals surface area (Å²) >= 11 is 0. The fraction of sp³-hybridized carbons (Fsp3) is 0.263. The van der Waals surface area contributed by atoms with Crippen LogP contribution in [0.3, 0.4) is 0 Å². The fourth-order valence-corrected chi connectivity index (χ4v) is 2.96. The molecule has 0 aliphatic heterocycles. The highest BCUT2D eigenvalue weighted by Crippen LogP contribution is 2.27. The number of aryl methyl sites for hydroxylation is 4. The van der Waals surface area contributed by atoms with Crippen LogP contribution in [0.5, 0.6) is 5.75 Å². The number of primary amides is 1. The molecule has 0 saturated heterocycles. The molecule has 3 N–H and O–H groups in total. The van der Waals surface area contributed by atoms with Crippen molar-refractivity contribution in [1.82, 2.24) is 9.38 Å². The van der Waals surface area contributed by atoms with Gasteiger partial charge in [0.25, 0.3) is 0 Å². The number of rotatable bonds is 4. The van der Waals surface area contributed by atoms with E-state index in [0.717, 1.165) is 22.7 Å². The van der Waals surface area contributed by atoms with Crippen LogP contribution in [-0.4, -0.2) is 15.5 Å². The van der Waals surface area contributed by atoms with Crippen LogP contribution in [0.4, 0.5) is 10.5 Å². The Balaban J connectivity index is 2.02. The van der Waals surface area contributed by atoms with E-state index in [0.29, 0.717) is 12.3 Å². The first kappa shape index (κ1) is 16.8. The highest BCUT2D eigenvalue weighted by atomic mass is 16.5. The highest BCUT2D eigenvalue weighted by molar-refractivity contribution is 5.73. The molecular formula is C19H22N4O2. The molecule has 2 aromatic heterocycles. The lowest BCUT2D eigenvalue weighted by Crippen LogP contribution is -2.17. The van der Waals surface area contributed by atoms with Gasteiger partial charge in [0.1, 0.15) is 0 Å². The number of nitrogens with one attached hydrogen (secondary N) is 1. The maximum absolute atomic E-state index is 11.1. The fourth-order valence-electron chi connectivity index (χ4n) is 2.96. The molecule has 0 unspecified atom stereocenters. The van der Waals surface area contributed by atoms with Gasteiger partial charge in [-0.2, -0.15) is 0 Å². The standard InChI is InChI=1S/C19H22N4O2/c1-11-6-5-7-12(2)16(11)9-21-17-8-15(25-19(20)24)10-23-14(4)13(3)22-18(17)23/h5-8,10,21H,9H2,1-4H3,(H2,20,24). The number of carbonyl (C=O) groups excluding carboxylic acids is 1. The van der Waals surface area contributed by atoms with E-state index in [1.165, 1.54) is 16.7 Å². The minimum atomic E-state index is -0.838. The number of ether oxygens (including phenoxy) is 1. The Kier molecular flexibility index (Phi) is 4.35. The first-order chi connectivity index (χ1) is 11.9. The van der Waals surface area contributed by atoms with E-state index >= 15 is 0 Å². The third-order valence-electron chi connectivity index (χ3n) is 4.49. The molecule has 0 radical (unpaired) electrons. The predicted molar refractivity (Wildman–Crippen MR) is 98.1 cm³/mol. The van der Waals surface area contributed by atoms with Crippen LogP contribution < -0.4 is 15.8 Å². The molecule has 0 aliphatic carbocycles. The lowest BCUT2D eigenvalue weighted by atomic mass is 10.0. The molecule has 0 bridgehead atoms. The number of hydrogen-bond donors (Lipinski definition) is 2. The molecule has 6 heteroatoms. The molecule has 3 rings (SSSR count). The Morgan fingerprint density at radius 1 is 1.24 bits per heavy atom. The largest absolute Gasteiger partial charge is 0.410 e. The normalized spacial score (nSPS) is 10.9. The number of carbonyl (C=O) groups is 1. The van der Waals surface area contributed by atoms with Gasteiger partial charge < -0.3 is 15.8 Å². The maximum Gasteiger partial charge on any atom is 0.410 e. The minimum Gasteiger partial charge on any atom is -0.409 e. The summed E-state index contributed by atoms with van der Waals surface area (Å²) in [4.78, 5) is 15.7. The van der Waals surface area contributed by atoms with E-state index in [2.05, 4.69) is 42.3 Å². The quantitative estimate of drug-likeness (QED) is 0.761. The van der Waals surface area contributed by atoms with Crippen LogP contribution in [-0.2, 0) is 6.54 Å². The molecule has 6 nitrogen and oxygen atoms in total. The van der Waals surface area contributed by atoms with Crippen LogP contribution in [0.1, 0.15) is 28.1 Å². The van der Waals surface area contributed by atoms with Crippen molar-refractivity contribution in [3.8, 4) is 5.75 Å². The van der Waals surface area contributed by atoms with E-state index in [1.54, 1.807) is 12.3 Å². The van der Waals surface area contributed by atoms with Gasteiger partial charge in [-0.15, -0.1) is 0 Å². The summed E-state index contributed by atoms with van der Waals surface area (Å²) in [5, 5.41) is 3.42. The number of fused-ring (bicyclic) bond motifs is 1. The second-order valence-corrected chi connectivity index (χ2v) is 6.21. The molecule has 0 atom stereocenters. The van der Waals surface area contributed by atoms with Crippen molar-refractivity contribution < 1.29 is 9.53 Å². The predicted octanol–water partition coefficient (Wildman–Crippen LogP) is 3.64. The molecule has 3 aromatic rings. The number of nitrogens with two attached hydrogens (primary N) is 1. The lowest BCUT2D eigenvalue weighted by Gasteiger charge is -2.14. The number of aromatic nitrogens is 2. The summed E-state index contributed by atoms with van der Waals surface area (Å²) in [6, 6.07) is 7.99. The number of pyridine rings is 1. The molecule has 0 spiro atoms. The van der Waals surface area contributed by atoms with Gasteiger partial charge in [-0.05, 0) is 44.4 Å². The van der Waals surface area contributed by atoms with Crippen molar-refractivity contribution in [1.29, 1.82) is 0 Å². The smallest absolute Gasteiger partial charge is 0.409 e. The third-order valence-corrected chi connectivity index (χ3v) is 4.49. The van der Waals surface area contributed by atoms with Crippen LogP contribution in [0.2, 0.25) is 0 Å². The molecule has 1 aromatic carbocycles. The van der Waals surface area contributed by atoms with E-state index in [1.807, 2.05) is 18.2 Å². The SMILES string of the molecule is Cc1cccc(C)c1CNc1cc(OC(N)=O)cn2c(C)c(C)nc12. The number of nitrogens with zero attached hydrogens (tertiary/aromatic N) is 2. The van der Waals surface area contributed by atoms with Crippen molar-refractivity contribution in [2.24, 2.45) is 5.73 Å². The van der Waals surface area contributed by atoms with E-state index in [-0.39, 0.29) is 0 Å². The van der Waals surface area contributed by atoms with E-state index in [9.17, 15) is 4.79 Å². The van der Waals surface area contributed by atoms with Crippen LogP contribution in [0.15, 0.2) is 30.5 Å². The van der Waals surface area contributed by atoms with Crippen LogP contribution in [0, 0.1) is 27.7 Å². The van der Waals surface area contributed by atoms with E-state index in [4.69, 9.17) is 10.5 Å². The average Bonchev–Trinajstić information content (AvgIpc) is 2.82. The Morgan fingerprint density at radius 3 is 2.56 bits per heavy atom. The molecule has 130 valence electrons. The number of anilines is 1. The molecule has 2 heterocycles. The summed E-state index contributed by atoms with van der Waals surface area (Å²) in [6.45, 7) is 8.76. The number of imidazole rings is 1. The van der Waals surface area contributed by atoms with E-state index < -0.39 is 6.09 Å². The van der Waals surface area contributed by atoms with Crippen LogP contribution in [0.25, 0.3) is 5.65 Å². The van der Waals surface area contributed by atoms with Crippen molar-refractivity contribution >= 4 is 17.4 Å². The maximum atomic E-state index is 11.1. The number of amides is 1. The summed E-state index contributed by atoms with van der Waals surface area (Å²) in [7, 11) is 0. The number of benzene rings is 1. The first-order valence-electron chi connectivity index (χ1n) is 8.12.